The fourth-order valence-electron chi connectivity index (χ4n) is 3.24. The summed E-state index contributed by atoms with van der Waals surface area (Å²) in [6, 6.07) is 15.0. The summed E-state index contributed by atoms with van der Waals surface area (Å²) in [5.74, 6) is 0.0375. The first-order valence-electron chi connectivity index (χ1n) is 8.76. The molecule has 1 unspecified atom stereocenters. The molecule has 0 radical (unpaired) electrons. The van der Waals surface area contributed by atoms with Gasteiger partial charge < -0.3 is 10.2 Å². The van der Waals surface area contributed by atoms with Gasteiger partial charge in [0.1, 0.15) is 0 Å². The van der Waals surface area contributed by atoms with Crippen molar-refractivity contribution in [2.75, 3.05) is 6.54 Å². The zero-order valence-electron chi connectivity index (χ0n) is 14.8. The second kappa shape index (κ2) is 7.51. The van der Waals surface area contributed by atoms with E-state index in [1.165, 1.54) is 5.56 Å². The number of hydrogen-bond donors (Lipinski definition) is 1. The van der Waals surface area contributed by atoms with Gasteiger partial charge in [0.2, 0.25) is 0 Å². The predicted octanol–water partition coefficient (Wildman–Crippen LogP) is 3.86. The number of carbonyl (C=O) groups is 2. The minimum atomic E-state index is -0.363. The fourth-order valence-corrected chi connectivity index (χ4v) is 3.24. The molecule has 1 saturated heterocycles. The highest BCUT2D eigenvalue weighted by Crippen LogP contribution is 2.22. The summed E-state index contributed by atoms with van der Waals surface area (Å²) < 4.78 is 0. The van der Waals surface area contributed by atoms with Gasteiger partial charge in [-0.2, -0.15) is 0 Å². The number of carbonyl (C=O) groups excluding carboxylic acids is 2. The lowest BCUT2D eigenvalue weighted by atomic mass is 9.98. The largest absolute Gasteiger partial charge is 0.334 e. The second-order valence-corrected chi connectivity index (χ2v) is 6.66. The van der Waals surface area contributed by atoms with Crippen LogP contribution in [0.25, 0.3) is 0 Å². The Hall–Kier alpha value is -2.62. The summed E-state index contributed by atoms with van der Waals surface area (Å²) in [6.45, 7) is 5.14. The van der Waals surface area contributed by atoms with Crippen molar-refractivity contribution >= 4 is 11.8 Å². The van der Waals surface area contributed by atoms with Crippen LogP contribution in [0.4, 0.5) is 4.79 Å². The van der Waals surface area contributed by atoms with Gasteiger partial charge in [0, 0.05) is 18.7 Å². The van der Waals surface area contributed by atoms with E-state index in [0.717, 1.165) is 24.0 Å². The van der Waals surface area contributed by atoms with E-state index in [2.05, 4.69) is 5.32 Å². The molecule has 0 aromatic heterocycles. The van der Waals surface area contributed by atoms with Crippen molar-refractivity contribution in [1.82, 2.24) is 10.2 Å². The Morgan fingerprint density at radius 1 is 1.08 bits per heavy atom. The number of rotatable bonds is 4. The van der Waals surface area contributed by atoms with Crippen LogP contribution >= 0.6 is 0 Å². The maximum absolute atomic E-state index is 12.9. The highest BCUT2D eigenvalue weighted by molar-refractivity contribution is 6.02. The number of aryl methyl sites for hydroxylation is 2. The van der Waals surface area contributed by atoms with Crippen molar-refractivity contribution in [2.45, 2.75) is 39.3 Å². The number of nitrogens with zero attached hydrogens (tertiary/aromatic N) is 1. The molecular weight excluding hydrogens is 312 g/mol. The average molecular weight is 336 g/mol. The first kappa shape index (κ1) is 17.2. The SMILES string of the molecule is Cc1ccc(C(=O)C2CCCN2C(=O)NCc2ccccc2)cc1C. The molecule has 1 N–H and O–H groups in total. The molecule has 1 heterocycles. The predicted molar refractivity (Wildman–Crippen MR) is 98.7 cm³/mol. The van der Waals surface area contributed by atoms with E-state index in [1.807, 2.05) is 62.4 Å². The fraction of sp³-hybridized carbons (Fsp3) is 0.333. The van der Waals surface area contributed by atoms with Gasteiger partial charge in [-0.15, -0.1) is 0 Å². The molecule has 25 heavy (non-hydrogen) atoms. The third kappa shape index (κ3) is 3.90. The van der Waals surface area contributed by atoms with Crippen molar-refractivity contribution in [2.24, 2.45) is 0 Å². The normalized spacial score (nSPS) is 16.7. The Balaban J connectivity index is 1.67. The van der Waals surface area contributed by atoms with E-state index < -0.39 is 0 Å². The summed E-state index contributed by atoms with van der Waals surface area (Å²) in [7, 11) is 0. The molecule has 0 bridgehead atoms. The molecule has 0 aliphatic carbocycles. The Morgan fingerprint density at radius 2 is 1.84 bits per heavy atom. The molecular formula is C21H24N2O2. The van der Waals surface area contributed by atoms with Gasteiger partial charge in [0.05, 0.1) is 6.04 Å². The zero-order valence-corrected chi connectivity index (χ0v) is 14.8. The molecule has 0 saturated carbocycles. The number of benzene rings is 2. The third-order valence-electron chi connectivity index (χ3n) is 4.89. The number of hydrogen-bond acceptors (Lipinski definition) is 2. The quantitative estimate of drug-likeness (QED) is 0.862. The molecule has 4 heteroatoms. The van der Waals surface area contributed by atoms with Gasteiger partial charge in [0.15, 0.2) is 5.78 Å². The van der Waals surface area contributed by atoms with Crippen LogP contribution in [0, 0.1) is 13.8 Å². The smallest absolute Gasteiger partial charge is 0.318 e. The summed E-state index contributed by atoms with van der Waals surface area (Å²) >= 11 is 0. The summed E-state index contributed by atoms with van der Waals surface area (Å²) in [5, 5.41) is 2.93. The molecule has 1 aliphatic rings. The lowest BCUT2D eigenvalue weighted by Gasteiger charge is -2.24. The topological polar surface area (TPSA) is 49.4 Å². The van der Waals surface area contributed by atoms with Crippen molar-refractivity contribution in [3.8, 4) is 0 Å². The monoisotopic (exact) mass is 336 g/mol. The first-order valence-corrected chi connectivity index (χ1v) is 8.76. The maximum Gasteiger partial charge on any atom is 0.318 e. The molecule has 1 atom stereocenters. The summed E-state index contributed by atoms with van der Waals surface area (Å²) in [5.41, 5.74) is 4.01. The summed E-state index contributed by atoms with van der Waals surface area (Å²) in [4.78, 5) is 27.1. The third-order valence-corrected chi connectivity index (χ3v) is 4.89. The van der Waals surface area contributed by atoms with E-state index in [4.69, 9.17) is 0 Å². The van der Waals surface area contributed by atoms with E-state index in [1.54, 1.807) is 4.90 Å². The lowest BCUT2D eigenvalue weighted by Crippen LogP contribution is -2.45. The Labute approximate surface area is 148 Å². The van der Waals surface area contributed by atoms with Gasteiger partial charge in [-0.1, -0.05) is 42.5 Å². The maximum atomic E-state index is 12.9. The van der Waals surface area contributed by atoms with Crippen LogP contribution in [0.1, 0.15) is 39.9 Å². The lowest BCUT2D eigenvalue weighted by molar-refractivity contribution is 0.0887. The molecule has 1 fully saturated rings. The minimum Gasteiger partial charge on any atom is -0.334 e. The number of likely N-dealkylation sites (tertiary alicyclic amines) is 1. The number of Topliss-reactive ketones (excluding diaryl/α,β-unsaturated/α-hetero) is 1. The van der Waals surface area contributed by atoms with E-state index in [0.29, 0.717) is 18.7 Å². The molecule has 4 nitrogen and oxygen atoms in total. The molecule has 2 amide bonds. The van der Waals surface area contributed by atoms with Crippen molar-refractivity contribution < 1.29 is 9.59 Å². The highest BCUT2D eigenvalue weighted by atomic mass is 16.2. The number of amides is 2. The number of urea groups is 1. The van der Waals surface area contributed by atoms with E-state index >= 15 is 0 Å². The molecule has 2 aromatic carbocycles. The van der Waals surface area contributed by atoms with Crippen LogP contribution in [-0.4, -0.2) is 29.3 Å². The zero-order chi connectivity index (χ0) is 17.8. The number of ketones is 1. The van der Waals surface area contributed by atoms with E-state index in [-0.39, 0.29) is 17.9 Å². The number of nitrogens with one attached hydrogen (secondary N) is 1. The van der Waals surface area contributed by atoms with Crippen LogP contribution in [0.3, 0.4) is 0 Å². The summed E-state index contributed by atoms with van der Waals surface area (Å²) in [6.07, 6.45) is 1.59. The first-order chi connectivity index (χ1) is 12.1. The second-order valence-electron chi connectivity index (χ2n) is 6.66. The van der Waals surface area contributed by atoms with Crippen LogP contribution in [0.15, 0.2) is 48.5 Å². The van der Waals surface area contributed by atoms with Crippen LogP contribution in [0.2, 0.25) is 0 Å². The van der Waals surface area contributed by atoms with Crippen LogP contribution in [-0.2, 0) is 6.54 Å². The van der Waals surface area contributed by atoms with Crippen molar-refractivity contribution in [3.63, 3.8) is 0 Å². The molecule has 130 valence electrons. The highest BCUT2D eigenvalue weighted by Gasteiger charge is 2.34. The van der Waals surface area contributed by atoms with Crippen molar-refractivity contribution in [1.29, 1.82) is 0 Å². The molecule has 0 spiro atoms. The van der Waals surface area contributed by atoms with Gasteiger partial charge in [-0.25, -0.2) is 4.79 Å². The molecule has 2 aromatic rings. The Bertz CT molecular complexity index is 771. The molecule has 3 rings (SSSR count). The average Bonchev–Trinajstić information content (AvgIpc) is 3.12. The molecule has 1 aliphatic heterocycles. The van der Waals surface area contributed by atoms with Gasteiger partial charge in [-0.05, 0) is 49.4 Å². The Morgan fingerprint density at radius 3 is 2.56 bits per heavy atom. The van der Waals surface area contributed by atoms with Gasteiger partial charge in [0.25, 0.3) is 0 Å². The van der Waals surface area contributed by atoms with Crippen LogP contribution < -0.4 is 5.32 Å². The van der Waals surface area contributed by atoms with Crippen molar-refractivity contribution in [3.05, 3.63) is 70.8 Å². The minimum absolute atomic E-state index is 0.0375. The van der Waals surface area contributed by atoms with Gasteiger partial charge in [-0.3, -0.25) is 4.79 Å². The van der Waals surface area contributed by atoms with Gasteiger partial charge >= 0.3 is 6.03 Å². The van der Waals surface area contributed by atoms with Crippen LogP contribution in [0.5, 0.6) is 0 Å². The van der Waals surface area contributed by atoms with E-state index in [9.17, 15) is 9.59 Å². The standard InChI is InChI=1S/C21H24N2O2/c1-15-10-11-18(13-16(15)2)20(24)19-9-6-12-23(19)21(25)22-14-17-7-4-3-5-8-17/h3-5,7-8,10-11,13,19H,6,9,12,14H2,1-2H3,(H,22,25). The Kier molecular flexibility index (Phi) is 5.17.